The Morgan fingerprint density at radius 1 is 1.16 bits per heavy atom. The highest BCUT2D eigenvalue weighted by Crippen LogP contribution is 2.34. The lowest BCUT2D eigenvalue weighted by molar-refractivity contribution is -0.0168. The predicted molar refractivity (Wildman–Crippen MR) is 77.1 cm³/mol. The summed E-state index contributed by atoms with van der Waals surface area (Å²) in [6.45, 7) is 0.892. The second-order valence-corrected chi connectivity index (χ2v) is 5.43. The summed E-state index contributed by atoms with van der Waals surface area (Å²) in [5.74, 6) is 1.78. The molecular formula is C15H15NO2S. The molecule has 0 saturated heterocycles. The highest BCUT2D eigenvalue weighted by atomic mass is 32.2. The molecule has 1 aliphatic rings. The quantitative estimate of drug-likeness (QED) is 0.687. The third-order valence-corrected chi connectivity index (χ3v) is 4.01. The molecule has 1 aliphatic heterocycles. The van der Waals surface area contributed by atoms with Crippen LogP contribution in [0.15, 0.2) is 47.4 Å². The Balaban J connectivity index is 1.82. The van der Waals surface area contributed by atoms with Gasteiger partial charge in [0.05, 0.1) is 6.61 Å². The van der Waals surface area contributed by atoms with Crippen molar-refractivity contribution >= 4 is 17.4 Å². The van der Waals surface area contributed by atoms with Crippen molar-refractivity contribution in [3.8, 4) is 5.75 Å². The van der Waals surface area contributed by atoms with Crippen molar-refractivity contribution in [1.29, 1.82) is 0 Å². The number of hydrogen-bond acceptors (Lipinski definition) is 4. The van der Waals surface area contributed by atoms with Crippen molar-refractivity contribution in [2.45, 2.75) is 17.3 Å². The van der Waals surface area contributed by atoms with E-state index >= 15 is 0 Å². The van der Waals surface area contributed by atoms with Crippen molar-refractivity contribution in [1.82, 2.24) is 0 Å². The lowest BCUT2D eigenvalue weighted by Crippen LogP contribution is -2.13. The molecule has 2 aromatic carbocycles. The first kappa shape index (κ1) is 12.4. The van der Waals surface area contributed by atoms with Gasteiger partial charge in [0.15, 0.2) is 6.79 Å². The van der Waals surface area contributed by atoms with Crippen LogP contribution < -0.4 is 10.5 Å². The first-order valence-electron chi connectivity index (χ1n) is 6.12. The van der Waals surface area contributed by atoms with Crippen molar-refractivity contribution in [2.75, 3.05) is 12.5 Å². The van der Waals surface area contributed by atoms with E-state index in [2.05, 4.69) is 12.1 Å². The number of anilines is 1. The van der Waals surface area contributed by atoms with Gasteiger partial charge in [-0.15, -0.1) is 11.8 Å². The third-order valence-electron chi connectivity index (χ3n) is 2.95. The molecule has 0 radical (unpaired) electrons. The average molecular weight is 273 g/mol. The van der Waals surface area contributed by atoms with E-state index in [1.54, 1.807) is 11.8 Å². The molecule has 0 spiro atoms. The molecule has 0 saturated carbocycles. The third kappa shape index (κ3) is 2.85. The van der Waals surface area contributed by atoms with Crippen LogP contribution in [-0.2, 0) is 17.1 Å². The molecule has 0 bridgehead atoms. The fraction of sp³-hybridized carbons (Fsp3) is 0.200. The van der Waals surface area contributed by atoms with Gasteiger partial charge in [0.2, 0.25) is 0 Å². The second kappa shape index (κ2) is 5.55. The highest BCUT2D eigenvalue weighted by molar-refractivity contribution is 7.98. The predicted octanol–water partition coefficient (Wildman–Crippen LogP) is 3.43. The molecule has 2 aromatic rings. The fourth-order valence-corrected chi connectivity index (χ4v) is 3.00. The minimum Gasteiger partial charge on any atom is -0.467 e. The first-order chi connectivity index (χ1) is 9.33. The van der Waals surface area contributed by atoms with Crippen LogP contribution in [0, 0.1) is 0 Å². The molecule has 98 valence electrons. The number of hydrogen-bond donors (Lipinski definition) is 1. The fourth-order valence-electron chi connectivity index (χ4n) is 2.11. The van der Waals surface area contributed by atoms with E-state index in [1.165, 1.54) is 4.90 Å². The van der Waals surface area contributed by atoms with Gasteiger partial charge in [0.25, 0.3) is 0 Å². The van der Waals surface area contributed by atoms with Gasteiger partial charge in [-0.05, 0) is 24.3 Å². The van der Waals surface area contributed by atoms with Crippen molar-refractivity contribution in [3.63, 3.8) is 0 Å². The number of nitrogens with two attached hydrogens (primary N) is 1. The summed E-state index contributed by atoms with van der Waals surface area (Å²) in [6.07, 6.45) is 0. The second-order valence-electron chi connectivity index (χ2n) is 4.38. The van der Waals surface area contributed by atoms with Crippen LogP contribution in [0.2, 0.25) is 0 Å². The molecule has 0 amide bonds. The lowest BCUT2D eigenvalue weighted by atomic mass is 10.1. The van der Waals surface area contributed by atoms with Gasteiger partial charge in [-0.2, -0.15) is 0 Å². The normalized spacial score (nSPS) is 13.7. The maximum Gasteiger partial charge on any atom is 0.189 e. The Bertz CT molecular complexity index is 572. The summed E-state index contributed by atoms with van der Waals surface area (Å²) in [5, 5.41) is 0. The number of nitrogen functional groups attached to an aromatic ring is 1. The molecule has 0 unspecified atom stereocenters. The number of rotatable bonds is 3. The van der Waals surface area contributed by atoms with Crippen LogP contribution in [0.3, 0.4) is 0 Å². The van der Waals surface area contributed by atoms with E-state index < -0.39 is 0 Å². The molecule has 0 aliphatic carbocycles. The maximum absolute atomic E-state index is 5.93. The molecule has 0 aromatic heterocycles. The van der Waals surface area contributed by atoms with Gasteiger partial charge < -0.3 is 15.2 Å². The van der Waals surface area contributed by atoms with E-state index in [-0.39, 0.29) is 0 Å². The Kier molecular flexibility index (Phi) is 3.62. The first-order valence-corrected chi connectivity index (χ1v) is 7.11. The Labute approximate surface area is 116 Å². The monoisotopic (exact) mass is 273 g/mol. The van der Waals surface area contributed by atoms with E-state index in [4.69, 9.17) is 15.2 Å². The minimum absolute atomic E-state index is 0.319. The molecule has 4 heteroatoms. The molecular weight excluding hydrogens is 258 g/mol. The standard InChI is InChI=1S/C15H15NO2S/c16-13-6-11-8-17-10-18-15(11)12(7-13)9-19-14-4-2-1-3-5-14/h1-7H,8-10,16H2. The van der Waals surface area contributed by atoms with Crippen LogP contribution in [-0.4, -0.2) is 6.79 Å². The number of ether oxygens (including phenoxy) is 2. The van der Waals surface area contributed by atoms with Crippen molar-refractivity contribution in [3.05, 3.63) is 53.6 Å². The van der Waals surface area contributed by atoms with Crippen LogP contribution in [0.4, 0.5) is 5.69 Å². The summed E-state index contributed by atoms with van der Waals surface area (Å²) in [7, 11) is 0. The molecule has 19 heavy (non-hydrogen) atoms. The lowest BCUT2D eigenvalue weighted by Gasteiger charge is -2.21. The van der Waals surface area contributed by atoms with Crippen molar-refractivity contribution in [2.24, 2.45) is 0 Å². The topological polar surface area (TPSA) is 44.5 Å². The summed E-state index contributed by atoms with van der Waals surface area (Å²) < 4.78 is 10.9. The van der Waals surface area contributed by atoms with Gasteiger partial charge >= 0.3 is 0 Å². The average Bonchev–Trinajstić information content (AvgIpc) is 2.45. The van der Waals surface area contributed by atoms with Gasteiger partial charge in [-0.25, -0.2) is 0 Å². The molecule has 0 fully saturated rings. The van der Waals surface area contributed by atoms with Gasteiger partial charge in [-0.1, -0.05) is 18.2 Å². The van der Waals surface area contributed by atoms with E-state index in [0.717, 1.165) is 28.3 Å². The number of fused-ring (bicyclic) bond motifs is 1. The van der Waals surface area contributed by atoms with Crippen LogP contribution in [0.25, 0.3) is 0 Å². The molecule has 1 heterocycles. The van der Waals surface area contributed by atoms with Gasteiger partial charge in [-0.3, -0.25) is 0 Å². The Morgan fingerprint density at radius 2 is 2.00 bits per heavy atom. The van der Waals surface area contributed by atoms with Crippen LogP contribution in [0.5, 0.6) is 5.75 Å². The summed E-state index contributed by atoms with van der Waals surface area (Å²) in [4.78, 5) is 1.24. The van der Waals surface area contributed by atoms with E-state index in [1.807, 2.05) is 30.3 Å². The number of benzene rings is 2. The van der Waals surface area contributed by atoms with Gasteiger partial charge in [0.1, 0.15) is 5.75 Å². The molecule has 3 rings (SSSR count). The molecule has 3 nitrogen and oxygen atoms in total. The minimum atomic E-state index is 0.319. The summed E-state index contributed by atoms with van der Waals surface area (Å²) in [6, 6.07) is 14.2. The maximum atomic E-state index is 5.93. The summed E-state index contributed by atoms with van der Waals surface area (Å²) in [5.41, 5.74) is 8.86. The van der Waals surface area contributed by atoms with Crippen LogP contribution in [0.1, 0.15) is 11.1 Å². The largest absolute Gasteiger partial charge is 0.467 e. The highest BCUT2D eigenvalue weighted by Gasteiger charge is 2.16. The zero-order valence-corrected chi connectivity index (χ0v) is 11.3. The molecule has 2 N–H and O–H groups in total. The van der Waals surface area contributed by atoms with Crippen molar-refractivity contribution < 1.29 is 9.47 Å². The SMILES string of the molecule is Nc1cc2c(c(CSc3ccccc3)c1)OCOC2. The zero-order valence-electron chi connectivity index (χ0n) is 10.5. The van der Waals surface area contributed by atoms with Gasteiger partial charge in [0, 0.05) is 27.5 Å². The van der Waals surface area contributed by atoms with E-state index in [9.17, 15) is 0 Å². The van der Waals surface area contributed by atoms with E-state index in [0.29, 0.717) is 13.4 Å². The Hall–Kier alpha value is -1.65. The number of thioether (sulfide) groups is 1. The smallest absolute Gasteiger partial charge is 0.189 e. The van der Waals surface area contributed by atoms with Crippen LogP contribution >= 0.6 is 11.8 Å². The molecule has 0 atom stereocenters. The Morgan fingerprint density at radius 3 is 2.84 bits per heavy atom. The zero-order chi connectivity index (χ0) is 13.1. The summed E-state index contributed by atoms with van der Waals surface area (Å²) >= 11 is 1.78.